The van der Waals surface area contributed by atoms with Crippen LogP contribution in [0.5, 0.6) is 0 Å². The van der Waals surface area contributed by atoms with Crippen molar-refractivity contribution in [3.8, 4) is 0 Å². The largest absolute Gasteiger partial charge is 0.378 e. The smallest absolute Gasteiger partial charge is 0.258 e. The molecule has 0 aliphatic carbocycles. The van der Waals surface area contributed by atoms with Gasteiger partial charge in [-0.25, -0.2) is 14.1 Å². The first-order valence-electron chi connectivity index (χ1n) is 7.74. The molecule has 1 heterocycles. The van der Waals surface area contributed by atoms with Crippen LogP contribution in [0.15, 0.2) is 54.9 Å². The maximum atomic E-state index is 12.9. The minimum Gasteiger partial charge on any atom is -0.378 e. The Kier molecular flexibility index (Phi) is 4.74. The third kappa shape index (κ3) is 4.20. The molecule has 1 aromatic heterocycles. The number of nitrogens with one attached hydrogen (secondary N) is 1. The zero-order chi connectivity index (χ0) is 17.8. The number of rotatable bonds is 5. The number of benzene rings is 2. The van der Waals surface area contributed by atoms with E-state index in [0.717, 1.165) is 11.3 Å². The molecule has 0 radical (unpaired) electrons. The van der Waals surface area contributed by atoms with E-state index in [1.807, 2.05) is 31.1 Å². The molecule has 0 bridgehead atoms. The van der Waals surface area contributed by atoms with Gasteiger partial charge in [0.15, 0.2) is 0 Å². The molecule has 25 heavy (non-hydrogen) atoms. The molecule has 6 nitrogen and oxygen atoms in total. The number of carbonyl (C=O) groups excluding carboxylic acids is 1. The predicted molar refractivity (Wildman–Crippen MR) is 94.2 cm³/mol. The van der Waals surface area contributed by atoms with Gasteiger partial charge in [0.1, 0.15) is 12.1 Å². The van der Waals surface area contributed by atoms with Crippen molar-refractivity contribution in [1.82, 2.24) is 14.8 Å². The van der Waals surface area contributed by atoms with Gasteiger partial charge in [-0.3, -0.25) is 10.1 Å². The average Bonchev–Trinajstić information content (AvgIpc) is 3.04. The molecule has 0 spiro atoms. The Morgan fingerprint density at radius 3 is 2.68 bits per heavy atom. The summed E-state index contributed by atoms with van der Waals surface area (Å²) >= 11 is 0. The van der Waals surface area contributed by atoms with Crippen molar-refractivity contribution in [2.45, 2.75) is 6.54 Å². The fourth-order valence-electron chi connectivity index (χ4n) is 2.30. The molecule has 1 amide bonds. The first kappa shape index (κ1) is 16.6. The molecular weight excluding hydrogens is 321 g/mol. The standard InChI is InChI=1S/C18H18FN5O/c1-23(2)16-5-3-4-14(10-16)17(25)21-18-20-12-24(22-18)11-13-6-8-15(19)9-7-13/h3-10,12H,11H2,1-2H3,(H,21,22,25). The molecular formula is C18H18FN5O. The van der Waals surface area contributed by atoms with Crippen LogP contribution in [0.3, 0.4) is 0 Å². The maximum absolute atomic E-state index is 12.9. The number of nitrogens with zero attached hydrogens (tertiary/aromatic N) is 4. The summed E-state index contributed by atoms with van der Waals surface area (Å²) in [6.45, 7) is 0.444. The van der Waals surface area contributed by atoms with Crippen LogP contribution in [0.2, 0.25) is 0 Å². The summed E-state index contributed by atoms with van der Waals surface area (Å²) in [5, 5.41) is 6.90. The highest BCUT2D eigenvalue weighted by molar-refractivity contribution is 6.03. The van der Waals surface area contributed by atoms with Gasteiger partial charge in [-0.2, -0.15) is 0 Å². The molecule has 3 rings (SSSR count). The normalized spacial score (nSPS) is 10.5. The Morgan fingerprint density at radius 1 is 1.20 bits per heavy atom. The number of halogens is 1. The van der Waals surface area contributed by atoms with Gasteiger partial charge in [0.2, 0.25) is 5.95 Å². The molecule has 128 valence electrons. The van der Waals surface area contributed by atoms with E-state index in [0.29, 0.717) is 12.1 Å². The lowest BCUT2D eigenvalue weighted by molar-refractivity contribution is 0.102. The first-order chi connectivity index (χ1) is 12.0. The second-order valence-electron chi connectivity index (χ2n) is 5.79. The minimum absolute atomic E-state index is 0.224. The summed E-state index contributed by atoms with van der Waals surface area (Å²) in [6, 6.07) is 13.4. The number of anilines is 2. The topological polar surface area (TPSA) is 63.1 Å². The van der Waals surface area contributed by atoms with Gasteiger partial charge in [0, 0.05) is 25.3 Å². The second kappa shape index (κ2) is 7.12. The Balaban J connectivity index is 1.67. The minimum atomic E-state index is -0.282. The van der Waals surface area contributed by atoms with Crippen LogP contribution >= 0.6 is 0 Å². The number of aromatic nitrogens is 3. The lowest BCUT2D eigenvalue weighted by atomic mass is 10.2. The van der Waals surface area contributed by atoms with Crippen molar-refractivity contribution in [3.63, 3.8) is 0 Å². The van der Waals surface area contributed by atoms with Crippen molar-refractivity contribution < 1.29 is 9.18 Å². The molecule has 0 fully saturated rings. The van der Waals surface area contributed by atoms with Gasteiger partial charge in [0.25, 0.3) is 5.91 Å². The van der Waals surface area contributed by atoms with Crippen LogP contribution in [0.4, 0.5) is 16.0 Å². The summed E-state index contributed by atoms with van der Waals surface area (Å²) in [5.74, 6) is -0.333. The third-order valence-electron chi connectivity index (χ3n) is 3.64. The highest BCUT2D eigenvalue weighted by Crippen LogP contribution is 2.14. The van der Waals surface area contributed by atoms with Crippen molar-refractivity contribution in [3.05, 3.63) is 71.8 Å². The van der Waals surface area contributed by atoms with E-state index in [4.69, 9.17) is 0 Å². The van der Waals surface area contributed by atoms with Crippen LogP contribution in [0.1, 0.15) is 15.9 Å². The molecule has 0 aliphatic heterocycles. The van der Waals surface area contributed by atoms with Crippen molar-refractivity contribution in [2.75, 3.05) is 24.3 Å². The van der Waals surface area contributed by atoms with Gasteiger partial charge >= 0.3 is 0 Å². The molecule has 0 atom stereocenters. The Labute approximate surface area is 144 Å². The molecule has 7 heteroatoms. The fourth-order valence-corrected chi connectivity index (χ4v) is 2.30. The summed E-state index contributed by atoms with van der Waals surface area (Å²) in [7, 11) is 3.82. The van der Waals surface area contributed by atoms with Gasteiger partial charge in [0.05, 0.1) is 6.54 Å². The van der Waals surface area contributed by atoms with E-state index in [-0.39, 0.29) is 17.7 Å². The number of hydrogen-bond acceptors (Lipinski definition) is 4. The van der Waals surface area contributed by atoms with Crippen molar-refractivity contribution >= 4 is 17.5 Å². The average molecular weight is 339 g/mol. The van der Waals surface area contributed by atoms with Crippen molar-refractivity contribution in [1.29, 1.82) is 0 Å². The molecule has 0 aliphatic rings. The number of hydrogen-bond donors (Lipinski definition) is 1. The highest BCUT2D eigenvalue weighted by atomic mass is 19.1. The zero-order valence-electron chi connectivity index (χ0n) is 14.0. The van der Waals surface area contributed by atoms with Gasteiger partial charge in [-0.15, -0.1) is 5.10 Å². The number of amides is 1. The maximum Gasteiger partial charge on any atom is 0.258 e. The molecule has 3 aromatic rings. The Bertz CT molecular complexity index is 873. The van der Waals surface area contributed by atoms with Crippen molar-refractivity contribution in [2.24, 2.45) is 0 Å². The van der Waals surface area contributed by atoms with E-state index >= 15 is 0 Å². The summed E-state index contributed by atoms with van der Waals surface area (Å²) in [4.78, 5) is 18.3. The lowest BCUT2D eigenvalue weighted by Crippen LogP contribution is -2.15. The third-order valence-corrected chi connectivity index (χ3v) is 3.64. The van der Waals surface area contributed by atoms with Crippen LogP contribution < -0.4 is 10.2 Å². The molecule has 2 aromatic carbocycles. The Hall–Kier alpha value is -3.22. The van der Waals surface area contributed by atoms with Gasteiger partial charge < -0.3 is 4.90 Å². The van der Waals surface area contributed by atoms with Crippen LogP contribution in [0, 0.1) is 5.82 Å². The summed E-state index contributed by atoms with van der Waals surface area (Å²) in [5.41, 5.74) is 2.35. The van der Waals surface area contributed by atoms with E-state index in [2.05, 4.69) is 15.4 Å². The quantitative estimate of drug-likeness (QED) is 0.776. The van der Waals surface area contributed by atoms with E-state index in [9.17, 15) is 9.18 Å². The van der Waals surface area contributed by atoms with Crippen LogP contribution in [-0.4, -0.2) is 34.8 Å². The second-order valence-corrected chi connectivity index (χ2v) is 5.79. The summed E-state index contributed by atoms with van der Waals surface area (Å²) in [6.07, 6.45) is 1.52. The molecule has 0 unspecified atom stereocenters. The summed E-state index contributed by atoms with van der Waals surface area (Å²) < 4.78 is 14.5. The predicted octanol–water partition coefficient (Wildman–Crippen LogP) is 2.78. The van der Waals surface area contributed by atoms with E-state index in [1.165, 1.54) is 18.5 Å². The van der Waals surface area contributed by atoms with Crippen LogP contribution in [-0.2, 0) is 6.54 Å². The van der Waals surface area contributed by atoms with E-state index in [1.54, 1.807) is 28.9 Å². The Morgan fingerprint density at radius 2 is 1.96 bits per heavy atom. The highest BCUT2D eigenvalue weighted by Gasteiger charge is 2.10. The molecule has 0 saturated carbocycles. The SMILES string of the molecule is CN(C)c1cccc(C(=O)Nc2ncn(Cc3ccc(F)cc3)n2)c1. The lowest BCUT2D eigenvalue weighted by Gasteiger charge is -2.13. The molecule has 0 saturated heterocycles. The number of carbonyl (C=O) groups is 1. The first-order valence-corrected chi connectivity index (χ1v) is 7.74. The van der Waals surface area contributed by atoms with Gasteiger partial charge in [-0.1, -0.05) is 18.2 Å². The van der Waals surface area contributed by atoms with Gasteiger partial charge in [-0.05, 0) is 35.9 Å². The van der Waals surface area contributed by atoms with Crippen LogP contribution in [0.25, 0.3) is 0 Å². The monoisotopic (exact) mass is 339 g/mol. The molecule has 1 N–H and O–H groups in total. The fraction of sp³-hybridized carbons (Fsp3) is 0.167. The van der Waals surface area contributed by atoms with E-state index < -0.39 is 0 Å². The zero-order valence-corrected chi connectivity index (χ0v) is 14.0.